The topological polar surface area (TPSA) is 46.4 Å². The van der Waals surface area contributed by atoms with E-state index >= 15 is 0 Å². The Labute approximate surface area is 221 Å². The largest absolute Gasteiger partial charge is 0.457 e. The molecule has 0 N–H and O–H groups in total. The van der Waals surface area contributed by atoms with Crippen molar-refractivity contribution in [3.63, 3.8) is 0 Å². The van der Waals surface area contributed by atoms with E-state index in [1.807, 2.05) is 30.6 Å². The second kappa shape index (κ2) is 8.21. The first-order valence-corrected chi connectivity index (χ1v) is 12.9. The Balaban J connectivity index is 1.41. The maximum Gasteiger partial charge on any atom is 0.137 e. The Morgan fingerprint density at radius 1 is 0.789 bits per heavy atom. The zero-order chi connectivity index (χ0) is 26.0. The molecule has 38 heavy (non-hydrogen) atoms. The number of rotatable bonds is 4. The molecular weight excluding hydrogens is 470 g/mol. The highest BCUT2D eigenvalue weighted by Gasteiger charge is 2.21. The van der Waals surface area contributed by atoms with Gasteiger partial charge in [0, 0.05) is 60.4 Å². The molecule has 6 nitrogen and oxygen atoms in total. The first-order chi connectivity index (χ1) is 18.3. The predicted molar refractivity (Wildman–Crippen MR) is 155 cm³/mol. The van der Waals surface area contributed by atoms with Crippen LogP contribution in [0.1, 0.15) is 26.3 Å². The van der Waals surface area contributed by atoms with E-state index in [-0.39, 0.29) is 5.41 Å². The van der Waals surface area contributed by atoms with Crippen LogP contribution in [0, 0.1) is 0 Å². The molecule has 0 fully saturated rings. The molecule has 0 bridgehead atoms. The number of hydrogen-bond donors (Lipinski definition) is 0. The summed E-state index contributed by atoms with van der Waals surface area (Å²) in [6, 6.07) is 23.1. The Morgan fingerprint density at radius 2 is 1.66 bits per heavy atom. The molecule has 0 saturated carbocycles. The molecule has 0 saturated heterocycles. The van der Waals surface area contributed by atoms with E-state index in [0.717, 1.165) is 57.0 Å². The molecule has 0 amide bonds. The Bertz CT molecular complexity index is 1830. The second-order valence-electron chi connectivity index (χ2n) is 11.1. The molecule has 1 aliphatic rings. The third-order valence-electron chi connectivity index (χ3n) is 7.31. The highest BCUT2D eigenvalue weighted by Crippen LogP contribution is 2.41. The number of hydrogen-bond acceptors (Lipinski definition) is 5. The molecule has 4 heterocycles. The molecule has 6 heteroatoms. The summed E-state index contributed by atoms with van der Waals surface area (Å²) < 4.78 is 8.86. The SMILES string of the molecule is CN1C=CN(c2cc(Oc3cc4ccc5nccc6c5c4c(c3)n6-c3ccccn3)cc(C(C)(C)C)c2)C1. The zero-order valence-corrected chi connectivity index (χ0v) is 22.0. The van der Waals surface area contributed by atoms with Crippen LogP contribution in [0.25, 0.3) is 38.5 Å². The summed E-state index contributed by atoms with van der Waals surface area (Å²) in [5, 5.41) is 3.45. The standard InChI is InChI=1S/C32H29N5O/c1-32(2,3)22-16-23(36-14-13-35(4)20-36)18-25(17-22)38-24-15-21-8-9-26-31-27(10-12-33-26)37(28(19-24)30(21)31)29-7-5-6-11-34-29/h5-19H,20H2,1-4H3. The zero-order valence-electron chi connectivity index (χ0n) is 22.0. The molecule has 1 aliphatic heterocycles. The number of nitrogens with zero attached hydrogens (tertiary/aromatic N) is 5. The lowest BCUT2D eigenvalue weighted by Gasteiger charge is -2.25. The van der Waals surface area contributed by atoms with E-state index in [0.29, 0.717) is 0 Å². The van der Waals surface area contributed by atoms with Gasteiger partial charge in [0.2, 0.25) is 0 Å². The number of pyridine rings is 2. The first kappa shape index (κ1) is 22.6. The van der Waals surface area contributed by atoms with Crippen molar-refractivity contribution in [3.05, 3.63) is 97.1 Å². The van der Waals surface area contributed by atoms with Crippen LogP contribution in [0.2, 0.25) is 0 Å². The van der Waals surface area contributed by atoms with Gasteiger partial charge in [0.15, 0.2) is 0 Å². The number of benzene rings is 3. The second-order valence-corrected chi connectivity index (χ2v) is 11.1. The van der Waals surface area contributed by atoms with Gasteiger partial charge in [-0.25, -0.2) is 4.98 Å². The lowest BCUT2D eigenvalue weighted by atomic mass is 9.86. The summed E-state index contributed by atoms with van der Waals surface area (Å²) in [6.45, 7) is 7.52. The van der Waals surface area contributed by atoms with Crippen LogP contribution in [0.3, 0.4) is 0 Å². The van der Waals surface area contributed by atoms with Gasteiger partial charge in [-0.3, -0.25) is 9.55 Å². The van der Waals surface area contributed by atoms with Gasteiger partial charge < -0.3 is 14.5 Å². The summed E-state index contributed by atoms with van der Waals surface area (Å²) in [5.41, 5.74) is 5.46. The van der Waals surface area contributed by atoms with E-state index in [9.17, 15) is 0 Å². The van der Waals surface area contributed by atoms with Gasteiger partial charge in [-0.15, -0.1) is 0 Å². The Morgan fingerprint density at radius 3 is 2.42 bits per heavy atom. The lowest BCUT2D eigenvalue weighted by Crippen LogP contribution is -2.22. The highest BCUT2D eigenvalue weighted by molar-refractivity contribution is 6.23. The highest BCUT2D eigenvalue weighted by atomic mass is 16.5. The predicted octanol–water partition coefficient (Wildman–Crippen LogP) is 7.44. The maximum absolute atomic E-state index is 6.65. The molecule has 0 unspecified atom stereocenters. The minimum atomic E-state index is -0.0169. The van der Waals surface area contributed by atoms with E-state index < -0.39 is 0 Å². The maximum atomic E-state index is 6.65. The fraction of sp³-hybridized carbons (Fsp3) is 0.188. The minimum absolute atomic E-state index is 0.0169. The van der Waals surface area contributed by atoms with Crippen molar-refractivity contribution in [1.82, 2.24) is 19.4 Å². The average molecular weight is 500 g/mol. The van der Waals surface area contributed by atoms with Gasteiger partial charge >= 0.3 is 0 Å². The lowest BCUT2D eigenvalue weighted by molar-refractivity contribution is 0.477. The van der Waals surface area contributed by atoms with Crippen molar-refractivity contribution >= 4 is 38.4 Å². The third kappa shape index (κ3) is 3.64. The van der Waals surface area contributed by atoms with Gasteiger partial charge in [0.25, 0.3) is 0 Å². The van der Waals surface area contributed by atoms with E-state index in [1.54, 1.807) is 0 Å². The molecule has 0 spiro atoms. The Kier molecular flexibility index (Phi) is 4.89. The Hall–Kier alpha value is -4.58. The molecular formula is C32H29N5O. The van der Waals surface area contributed by atoms with Gasteiger partial charge in [0.1, 0.15) is 17.3 Å². The van der Waals surface area contributed by atoms with Crippen molar-refractivity contribution < 1.29 is 4.74 Å². The smallest absolute Gasteiger partial charge is 0.137 e. The van der Waals surface area contributed by atoms with E-state index in [1.165, 1.54) is 10.9 Å². The number of ether oxygens (including phenoxy) is 1. The minimum Gasteiger partial charge on any atom is -0.457 e. The molecule has 188 valence electrons. The van der Waals surface area contributed by atoms with Crippen LogP contribution in [0.15, 0.2) is 91.5 Å². The van der Waals surface area contributed by atoms with Gasteiger partial charge in [-0.1, -0.05) is 32.9 Å². The van der Waals surface area contributed by atoms with Crippen molar-refractivity contribution in [2.45, 2.75) is 26.2 Å². The van der Waals surface area contributed by atoms with E-state index in [2.05, 4.69) is 113 Å². The summed E-state index contributed by atoms with van der Waals surface area (Å²) in [4.78, 5) is 13.7. The van der Waals surface area contributed by atoms with Crippen molar-refractivity contribution in [2.24, 2.45) is 0 Å². The average Bonchev–Trinajstić information content (AvgIpc) is 3.49. The summed E-state index contributed by atoms with van der Waals surface area (Å²) in [6.07, 6.45) is 7.91. The normalized spacial score (nSPS) is 14.0. The van der Waals surface area contributed by atoms with E-state index in [4.69, 9.17) is 4.74 Å². The number of aromatic nitrogens is 3. The van der Waals surface area contributed by atoms with Crippen molar-refractivity contribution in [1.29, 1.82) is 0 Å². The van der Waals surface area contributed by atoms with Gasteiger partial charge in [-0.2, -0.15) is 0 Å². The third-order valence-corrected chi connectivity index (χ3v) is 7.31. The molecule has 3 aromatic carbocycles. The van der Waals surface area contributed by atoms with Crippen LogP contribution < -0.4 is 9.64 Å². The molecule has 6 aromatic rings. The fourth-order valence-corrected chi connectivity index (χ4v) is 5.40. The van der Waals surface area contributed by atoms with Crippen molar-refractivity contribution in [3.8, 4) is 17.3 Å². The molecule has 0 atom stereocenters. The van der Waals surface area contributed by atoms with Crippen molar-refractivity contribution in [2.75, 3.05) is 18.6 Å². The quantitative estimate of drug-likeness (QED) is 0.236. The molecule has 0 radical (unpaired) electrons. The van der Waals surface area contributed by atoms with Gasteiger partial charge in [-0.05, 0) is 58.8 Å². The van der Waals surface area contributed by atoms with Crippen LogP contribution in [0.5, 0.6) is 11.5 Å². The summed E-state index contributed by atoms with van der Waals surface area (Å²) in [7, 11) is 2.08. The molecule has 0 aliphatic carbocycles. The molecule has 3 aromatic heterocycles. The summed E-state index contributed by atoms with van der Waals surface area (Å²) >= 11 is 0. The van der Waals surface area contributed by atoms with Crippen LogP contribution in [0.4, 0.5) is 5.69 Å². The molecule has 7 rings (SSSR count). The van der Waals surface area contributed by atoms with Gasteiger partial charge in [0.05, 0.1) is 23.2 Å². The fourth-order valence-electron chi connectivity index (χ4n) is 5.40. The first-order valence-electron chi connectivity index (χ1n) is 12.9. The van der Waals surface area contributed by atoms with Crippen LogP contribution in [-0.2, 0) is 5.41 Å². The number of anilines is 1. The van der Waals surface area contributed by atoms with Crippen LogP contribution >= 0.6 is 0 Å². The summed E-state index contributed by atoms with van der Waals surface area (Å²) in [5.74, 6) is 2.49. The van der Waals surface area contributed by atoms with Crippen LogP contribution in [-0.4, -0.2) is 33.2 Å². The monoisotopic (exact) mass is 499 g/mol.